The third-order valence-corrected chi connectivity index (χ3v) is 3.19. The van der Waals surface area contributed by atoms with Crippen molar-refractivity contribution in [3.05, 3.63) is 34.0 Å². The van der Waals surface area contributed by atoms with Crippen LogP contribution in [0.4, 0.5) is 0 Å². The third-order valence-electron chi connectivity index (χ3n) is 2.22. The highest BCUT2D eigenvalue weighted by atomic mass is 32.1. The topological polar surface area (TPSA) is 42.7 Å². The molecule has 2 aromatic rings. The molecule has 0 aliphatic heterocycles. The minimum Gasteiger partial charge on any atom is -0.309 e. The molecule has 2 heterocycles. The van der Waals surface area contributed by atoms with E-state index in [0.29, 0.717) is 0 Å². The van der Waals surface area contributed by atoms with Gasteiger partial charge >= 0.3 is 0 Å². The molecule has 16 heavy (non-hydrogen) atoms. The molecule has 0 saturated carbocycles. The highest BCUT2D eigenvalue weighted by Crippen LogP contribution is 2.07. The van der Waals surface area contributed by atoms with Gasteiger partial charge in [-0.3, -0.25) is 4.68 Å². The van der Waals surface area contributed by atoms with Crippen molar-refractivity contribution in [3.8, 4) is 0 Å². The zero-order valence-corrected chi connectivity index (χ0v) is 10.4. The molecule has 0 bridgehead atoms. The molecular weight excluding hydrogens is 220 g/mol. The molecule has 0 aliphatic carbocycles. The van der Waals surface area contributed by atoms with Gasteiger partial charge in [0, 0.05) is 30.4 Å². The van der Waals surface area contributed by atoms with Gasteiger partial charge < -0.3 is 5.32 Å². The maximum Gasteiger partial charge on any atom is 0.107 e. The van der Waals surface area contributed by atoms with Gasteiger partial charge in [-0.25, -0.2) is 4.98 Å². The van der Waals surface area contributed by atoms with Crippen molar-refractivity contribution >= 4 is 11.3 Å². The first-order valence-electron chi connectivity index (χ1n) is 5.35. The smallest absolute Gasteiger partial charge is 0.107 e. The second-order valence-electron chi connectivity index (χ2n) is 3.84. The van der Waals surface area contributed by atoms with Gasteiger partial charge in [-0.15, -0.1) is 11.3 Å². The van der Waals surface area contributed by atoms with Crippen LogP contribution in [-0.4, -0.2) is 21.3 Å². The maximum absolute atomic E-state index is 4.39. The van der Waals surface area contributed by atoms with Gasteiger partial charge in [0.15, 0.2) is 0 Å². The van der Waals surface area contributed by atoms with Gasteiger partial charge in [0.25, 0.3) is 0 Å². The molecule has 2 aromatic heterocycles. The normalized spacial score (nSPS) is 10.9. The Labute approximate surface area is 99.3 Å². The van der Waals surface area contributed by atoms with Crippen LogP contribution in [0.5, 0.6) is 0 Å². The first kappa shape index (κ1) is 11.3. The van der Waals surface area contributed by atoms with Crippen molar-refractivity contribution in [2.24, 2.45) is 0 Å². The van der Waals surface area contributed by atoms with Crippen LogP contribution in [0.1, 0.15) is 16.3 Å². The van der Waals surface area contributed by atoms with Gasteiger partial charge in [-0.05, 0) is 19.4 Å². The summed E-state index contributed by atoms with van der Waals surface area (Å²) in [5.41, 5.74) is 2.31. The van der Waals surface area contributed by atoms with Crippen LogP contribution in [-0.2, 0) is 13.1 Å². The van der Waals surface area contributed by atoms with E-state index < -0.39 is 0 Å². The molecule has 1 N–H and O–H groups in total. The molecule has 86 valence electrons. The Morgan fingerprint density at radius 2 is 2.31 bits per heavy atom. The quantitative estimate of drug-likeness (QED) is 0.804. The summed E-state index contributed by atoms with van der Waals surface area (Å²) in [7, 11) is 0. The average Bonchev–Trinajstić information content (AvgIpc) is 2.83. The Hall–Kier alpha value is -1.20. The van der Waals surface area contributed by atoms with Crippen LogP contribution >= 0.6 is 11.3 Å². The molecule has 5 heteroatoms. The van der Waals surface area contributed by atoms with E-state index in [1.807, 2.05) is 17.8 Å². The molecule has 0 aromatic carbocycles. The van der Waals surface area contributed by atoms with Crippen LogP contribution in [0.3, 0.4) is 0 Å². The zero-order chi connectivity index (χ0) is 11.4. The van der Waals surface area contributed by atoms with E-state index in [1.165, 1.54) is 5.56 Å². The molecule has 4 nitrogen and oxygen atoms in total. The summed E-state index contributed by atoms with van der Waals surface area (Å²) in [5.74, 6) is 0. The van der Waals surface area contributed by atoms with Crippen LogP contribution in [0.15, 0.2) is 17.8 Å². The summed E-state index contributed by atoms with van der Waals surface area (Å²) in [6, 6.07) is 0. The van der Waals surface area contributed by atoms with Crippen molar-refractivity contribution in [3.63, 3.8) is 0 Å². The number of nitrogens with one attached hydrogen (secondary N) is 1. The Morgan fingerprint density at radius 1 is 1.44 bits per heavy atom. The average molecular weight is 236 g/mol. The van der Waals surface area contributed by atoms with Crippen molar-refractivity contribution in [1.29, 1.82) is 0 Å². The number of nitrogens with zero attached hydrogens (tertiary/aromatic N) is 3. The molecule has 0 aliphatic rings. The molecule has 0 unspecified atom stereocenters. The summed E-state index contributed by atoms with van der Waals surface area (Å²) < 4.78 is 1.95. The van der Waals surface area contributed by atoms with Crippen molar-refractivity contribution in [2.75, 3.05) is 6.54 Å². The molecule has 0 radical (unpaired) electrons. The molecule has 0 atom stereocenters. The van der Waals surface area contributed by atoms with E-state index >= 15 is 0 Å². The molecular formula is C11H16N4S. The summed E-state index contributed by atoms with van der Waals surface area (Å²) >= 11 is 1.70. The summed E-state index contributed by atoms with van der Waals surface area (Å²) in [6.07, 6.45) is 3.93. The number of thiazole rings is 1. The minimum atomic E-state index is 0.846. The third kappa shape index (κ3) is 3.15. The Balaban J connectivity index is 1.69. The lowest BCUT2D eigenvalue weighted by atomic mass is 10.4. The summed E-state index contributed by atoms with van der Waals surface area (Å²) in [4.78, 5) is 4.39. The van der Waals surface area contributed by atoms with Gasteiger partial charge in [0.1, 0.15) is 5.01 Å². The number of aryl methyl sites for hydroxylation is 2. The second-order valence-corrected chi connectivity index (χ2v) is 4.78. The summed E-state index contributed by atoms with van der Waals surface area (Å²) in [6.45, 7) is 6.73. The van der Waals surface area contributed by atoms with E-state index in [4.69, 9.17) is 0 Å². The fourth-order valence-corrected chi connectivity index (χ4v) is 2.20. The number of hydrogen-bond acceptors (Lipinski definition) is 4. The van der Waals surface area contributed by atoms with Crippen LogP contribution in [0, 0.1) is 13.8 Å². The first-order chi connectivity index (χ1) is 7.74. The highest BCUT2D eigenvalue weighted by Gasteiger charge is 1.98. The van der Waals surface area contributed by atoms with E-state index in [1.54, 1.807) is 11.3 Å². The van der Waals surface area contributed by atoms with Crippen LogP contribution in [0.2, 0.25) is 0 Å². The standard InChI is InChI=1S/C11H16N4S/c1-9-5-13-15(7-9)4-3-12-6-11-14-10(2)8-16-11/h5,7-8,12H,3-4,6H2,1-2H3. The monoisotopic (exact) mass is 236 g/mol. The lowest BCUT2D eigenvalue weighted by Crippen LogP contribution is -2.19. The number of hydrogen-bond donors (Lipinski definition) is 1. The molecule has 0 saturated heterocycles. The van der Waals surface area contributed by atoms with Crippen molar-refractivity contribution in [2.45, 2.75) is 26.9 Å². The fourth-order valence-electron chi connectivity index (χ4n) is 1.46. The lowest BCUT2D eigenvalue weighted by molar-refractivity contribution is 0.554. The summed E-state index contributed by atoms with van der Waals surface area (Å²) in [5, 5.41) is 10.8. The van der Waals surface area contributed by atoms with Crippen LogP contribution < -0.4 is 5.32 Å². The number of aromatic nitrogens is 3. The van der Waals surface area contributed by atoms with E-state index in [0.717, 1.165) is 30.3 Å². The van der Waals surface area contributed by atoms with Gasteiger partial charge in [-0.1, -0.05) is 0 Å². The zero-order valence-electron chi connectivity index (χ0n) is 9.60. The maximum atomic E-state index is 4.39. The first-order valence-corrected chi connectivity index (χ1v) is 6.23. The second kappa shape index (κ2) is 5.23. The predicted molar refractivity (Wildman–Crippen MR) is 65.5 cm³/mol. The Morgan fingerprint density at radius 3 is 2.94 bits per heavy atom. The highest BCUT2D eigenvalue weighted by molar-refractivity contribution is 7.09. The van der Waals surface area contributed by atoms with Gasteiger partial charge in [0.05, 0.1) is 12.7 Å². The van der Waals surface area contributed by atoms with Crippen molar-refractivity contribution < 1.29 is 0 Å². The van der Waals surface area contributed by atoms with Crippen molar-refractivity contribution in [1.82, 2.24) is 20.1 Å². The fraction of sp³-hybridized carbons (Fsp3) is 0.455. The largest absolute Gasteiger partial charge is 0.309 e. The molecule has 2 rings (SSSR count). The SMILES string of the molecule is Cc1cnn(CCNCc2nc(C)cs2)c1. The Bertz CT molecular complexity index is 404. The van der Waals surface area contributed by atoms with Gasteiger partial charge in [-0.2, -0.15) is 5.10 Å². The number of rotatable bonds is 5. The van der Waals surface area contributed by atoms with E-state index in [-0.39, 0.29) is 0 Å². The molecule has 0 fully saturated rings. The molecule has 0 spiro atoms. The Kier molecular flexibility index (Phi) is 3.69. The predicted octanol–water partition coefficient (Wildman–Crippen LogP) is 1.75. The lowest BCUT2D eigenvalue weighted by Gasteiger charge is -2.02. The minimum absolute atomic E-state index is 0.846. The van der Waals surface area contributed by atoms with E-state index in [9.17, 15) is 0 Å². The molecule has 0 amide bonds. The van der Waals surface area contributed by atoms with E-state index in [2.05, 4.69) is 33.9 Å². The van der Waals surface area contributed by atoms with Gasteiger partial charge in [0.2, 0.25) is 0 Å². The van der Waals surface area contributed by atoms with Crippen LogP contribution in [0.25, 0.3) is 0 Å².